The Bertz CT molecular complexity index is 480. The second-order valence-electron chi connectivity index (χ2n) is 6.27. The van der Waals surface area contributed by atoms with Gasteiger partial charge >= 0.3 is 6.09 Å². The average molecular weight is 306 g/mol. The van der Waals surface area contributed by atoms with Gasteiger partial charge in [0.15, 0.2) is 0 Å². The van der Waals surface area contributed by atoms with E-state index in [1.807, 2.05) is 51.1 Å². The van der Waals surface area contributed by atoms with E-state index in [4.69, 9.17) is 4.74 Å². The van der Waals surface area contributed by atoms with Crippen molar-refractivity contribution >= 4 is 12.0 Å². The van der Waals surface area contributed by atoms with E-state index in [0.717, 1.165) is 5.56 Å². The van der Waals surface area contributed by atoms with Crippen molar-refractivity contribution in [1.29, 1.82) is 0 Å². The zero-order valence-corrected chi connectivity index (χ0v) is 13.9. The fourth-order valence-corrected chi connectivity index (χ4v) is 1.88. The fourth-order valence-electron chi connectivity index (χ4n) is 1.88. The zero-order valence-electron chi connectivity index (χ0n) is 13.9. The van der Waals surface area contributed by atoms with Gasteiger partial charge in [0.05, 0.1) is 0 Å². The monoisotopic (exact) mass is 306 g/mol. The highest BCUT2D eigenvalue weighted by atomic mass is 16.6. The largest absolute Gasteiger partial charge is 0.444 e. The van der Waals surface area contributed by atoms with Gasteiger partial charge in [-0.3, -0.25) is 4.79 Å². The van der Waals surface area contributed by atoms with Crippen molar-refractivity contribution in [2.45, 2.75) is 45.8 Å². The van der Waals surface area contributed by atoms with E-state index in [0.29, 0.717) is 25.9 Å². The number of hydrogen-bond acceptors (Lipinski definition) is 3. The Morgan fingerprint density at radius 3 is 2.41 bits per heavy atom. The molecule has 1 aromatic rings. The number of amides is 2. The van der Waals surface area contributed by atoms with Crippen molar-refractivity contribution in [1.82, 2.24) is 10.2 Å². The molecular weight excluding hydrogens is 280 g/mol. The van der Waals surface area contributed by atoms with Crippen molar-refractivity contribution in [2.24, 2.45) is 0 Å². The number of hydrogen-bond donors (Lipinski definition) is 1. The summed E-state index contributed by atoms with van der Waals surface area (Å²) in [5, 5.41) is 2.65. The lowest BCUT2D eigenvalue weighted by Gasteiger charge is -2.20. The molecule has 0 aliphatic rings. The minimum Gasteiger partial charge on any atom is -0.444 e. The number of carbonyl (C=O) groups excluding carboxylic acids is 2. The van der Waals surface area contributed by atoms with Gasteiger partial charge in [-0.25, -0.2) is 4.79 Å². The zero-order chi connectivity index (χ0) is 16.6. The lowest BCUT2D eigenvalue weighted by molar-refractivity contribution is -0.130. The maximum absolute atomic E-state index is 12.0. The second-order valence-corrected chi connectivity index (χ2v) is 6.27. The van der Waals surface area contributed by atoms with E-state index in [9.17, 15) is 9.59 Å². The van der Waals surface area contributed by atoms with Crippen molar-refractivity contribution in [2.75, 3.05) is 13.6 Å². The van der Waals surface area contributed by atoms with Crippen LogP contribution in [0.2, 0.25) is 0 Å². The fraction of sp³-hybridized carbons (Fsp3) is 0.529. The molecule has 5 nitrogen and oxygen atoms in total. The lowest BCUT2D eigenvalue weighted by atomic mass is 10.2. The first kappa shape index (κ1) is 18.0. The summed E-state index contributed by atoms with van der Waals surface area (Å²) in [7, 11) is 1.79. The van der Waals surface area contributed by atoms with Crippen LogP contribution >= 0.6 is 0 Å². The Kier molecular flexibility index (Phi) is 6.89. The van der Waals surface area contributed by atoms with Gasteiger partial charge in [-0.2, -0.15) is 0 Å². The molecule has 0 heterocycles. The predicted molar refractivity (Wildman–Crippen MR) is 86.4 cm³/mol. The predicted octanol–water partition coefficient (Wildman–Crippen LogP) is 2.95. The van der Waals surface area contributed by atoms with Gasteiger partial charge < -0.3 is 15.0 Å². The van der Waals surface area contributed by atoms with Crippen molar-refractivity contribution < 1.29 is 14.3 Å². The third-order valence-electron chi connectivity index (χ3n) is 2.92. The van der Waals surface area contributed by atoms with E-state index < -0.39 is 11.7 Å². The first-order valence-corrected chi connectivity index (χ1v) is 7.52. The molecule has 0 aliphatic heterocycles. The smallest absolute Gasteiger partial charge is 0.407 e. The molecule has 0 radical (unpaired) electrons. The van der Waals surface area contributed by atoms with Gasteiger partial charge in [0.1, 0.15) is 5.60 Å². The van der Waals surface area contributed by atoms with Gasteiger partial charge in [-0.05, 0) is 32.8 Å². The van der Waals surface area contributed by atoms with Crippen LogP contribution in [0.5, 0.6) is 0 Å². The molecule has 122 valence electrons. The molecule has 1 rings (SSSR count). The number of nitrogens with one attached hydrogen (secondary N) is 1. The summed E-state index contributed by atoms with van der Waals surface area (Å²) in [6, 6.07) is 9.85. The highest BCUT2D eigenvalue weighted by Crippen LogP contribution is 2.07. The summed E-state index contributed by atoms with van der Waals surface area (Å²) in [6.07, 6.45) is 0.550. The SMILES string of the molecule is CN(Cc1ccccc1)C(=O)CCCNC(=O)OC(C)(C)C. The van der Waals surface area contributed by atoms with Crippen LogP contribution in [0.3, 0.4) is 0 Å². The molecule has 0 saturated heterocycles. The van der Waals surface area contributed by atoms with Crippen LogP contribution in [0, 0.1) is 0 Å². The quantitative estimate of drug-likeness (QED) is 0.822. The summed E-state index contributed by atoms with van der Waals surface area (Å²) < 4.78 is 5.13. The third kappa shape index (κ3) is 7.67. The maximum Gasteiger partial charge on any atom is 0.407 e. The maximum atomic E-state index is 12.0. The molecule has 0 atom stereocenters. The molecule has 5 heteroatoms. The Morgan fingerprint density at radius 1 is 1.18 bits per heavy atom. The van der Waals surface area contributed by atoms with Gasteiger partial charge in [0, 0.05) is 26.6 Å². The Morgan fingerprint density at radius 2 is 1.82 bits per heavy atom. The topological polar surface area (TPSA) is 58.6 Å². The Balaban J connectivity index is 2.21. The number of nitrogens with zero attached hydrogens (tertiary/aromatic N) is 1. The summed E-state index contributed by atoms with van der Waals surface area (Å²) in [6.45, 7) is 6.47. The molecule has 0 unspecified atom stereocenters. The second kappa shape index (κ2) is 8.41. The van der Waals surface area contributed by atoms with Crippen molar-refractivity contribution in [3.05, 3.63) is 35.9 Å². The molecule has 0 spiro atoms. The average Bonchev–Trinajstić information content (AvgIpc) is 2.42. The summed E-state index contributed by atoms with van der Waals surface area (Å²) in [5.74, 6) is 0.0647. The van der Waals surface area contributed by atoms with E-state index in [1.165, 1.54) is 0 Å². The van der Waals surface area contributed by atoms with Gasteiger partial charge in [-0.1, -0.05) is 30.3 Å². The van der Waals surface area contributed by atoms with Crippen LogP contribution in [0.1, 0.15) is 39.2 Å². The Labute approximate surface area is 132 Å². The van der Waals surface area contributed by atoms with Crippen LogP contribution in [0.15, 0.2) is 30.3 Å². The van der Waals surface area contributed by atoms with Gasteiger partial charge in [-0.15, -0.1) is 0 Å². The van der Waals surface area contributed by atoms with Crippen LogP contribution in [0.4, 0.5) is 4.79 Å². The summed E-state index contributed by atoms with van der Waals surface area (Å²) in [4.78, 5) is 25.1. The van der Waals surface area contributed by atoms with Crippen LogP contribution < -0.4 is 5.32 Å². The molecular formula is C17H26N2O3. The van der Waals surface area contributed by atoms with Crippen molar-refractivity contribution in [3.8, 4) is 0 Å². The molecule has 0 aliphatic carbocycles. The highest BCUT2D eigenvalue weighted by molar-refractivity contribution is 5.76. The van der Waals surface area contributed by atoms with Crippen LogP contribution in [0.25, 0.3) is 0 Å². The minimum absolute atomic E-state index is 0.0647. The van der Waals surface area contributed by atoms with E-state index >= 15 is 0 Å². The standard InChI is InChI=1S/C17H26N2O3/c1-17(2,3)22-16(21)18-12-8-11-15(20)19(4)13-14-9-6-5-7-10-14/h5-7,9-10H,8,11-13H2,1-4H3,(H,18,21). The summed E-state index contributed by atoms with van der Waals surface area (Å²) >= 11 is 0. The lowest BCUT2D eigenvalue weighted by Crippen LogP contribution is -2.33. The van der Waals surface area contributed by atoms with E-state index in [-0.39, 0.29) is 5.91 Å². The summed E-state index contributed by atoms with van der Waals surface area (Å²) in [5.41, 5.74) is 0.598. The molecule has 22 heavy (non-hydrogen) atoms. The number of rotatable bonds is 6. The molecule has 0 saturated carbocycles. The molecule has 1 N–H and O–H groups in total. The molecule has 0 bridgehead atoms. The molecule has 0 fully saturated rings. The van der Waals surface area contributed by atoms with E-state index in [1.54, 1.807) is 11.9 Å². The first-order valence-electron chi connectivity index (χ1n) is 7.52. The highest BCUT2D eigenvalue weighted by Gasteiger charge is 2.15. The normalized spacial score (nSPS) is 10.9. The molecule has 1 aromatic carbocycles. The number of ether oxygens (including phenoxy) is 1. The molecule has 2 amide bonds. The van der Waals surface area contributed by atoms with Gasteiger partial charge in [0.25, 0.3) is 0 Å². The minimum atomic E-state index is -0.504. The first-order chi connectivity index (χ1) is 10.3. The third-order valence-corrected chi connectivity index (χ3v) is 2.92. The Hall–Kier alpha value is -2.04. The van der Waals surface area contributed by atoms with Crippen molar-refractivity contribution in [3.63, 3.8) is 0 Å². The van der Waals surface area contributed by atoms with E-state index in [2.05, 4.69) is 5.32 Å². The van der Waals surface area contributed by atoms with Crippen LogP contribution in [-0.4, -0.2) is 36.1 Å². The van der Waals surface area contributed by atoms with Crippen LogP contribution in [-0.2, 0) is 16.1 Å². The number of benzene rings is 1. The van der Waals surface area contributed by atoms with Gasteiger partial charge in [0.2, 0.25) is 5.91 Å². The molecule has 0 aromatic heterocycles. The number of carbonyl (C=O) groups is 2. The number of alkyl carbamates (subject to hydrolysis) is 1.